The van der Waals surface area contributed by atoms with Gasteiger partial charge in [-0.2, -0.15) is 0 Å². The lowest BCUT2D eigenvalue weighted by Gasteiger charge is -2.07. The van der Waals surface area contributed by atoms with Crippen LogP contribution in [0.15, 0.2) is 11.8 Å². The molecule has 0 radical (unpaired) electrons. The first-order valence-electron chi connectivity index (χ1n) is 3.41. The second kappa shape index (κ2) is 4.95. The van der Waals surface area contributed by atoms with E-state index in [9.17, 15) is 4.79 Å². The molecule has 0 heterocycles. The standard InChI is InChI=1S/C7H10Cl3NO/c1-3-11-5(2)4-6(12)7(8,9)10/h4,11H,3H2,1-2H3/b5-4-. The molecule has 0 aliphatic carbocycles. The first-order chi connectivity index (χ1) is 5.38. The molecule has 0 spiro atoms. The van der Waals surface area contributed by atoms with Gasteiger partial charge in [0, 0.05) is 18.3 Å². The zero-order chi connectivity index (χ0) is 9.78. The largest absolute Gasteiger partial charge is 0.389 e. The Balaban J connectivity index is 4.24. The van der Waals surface area contributed by atoms with Crippen LogP contribution in [0.2, 0.25) is 0 Å². The fourth-order valence-corrected chi connectivity index (χ4v) is 0.772. The Hall–Kier alpha value is 0.0800. The molecule has 0 rings (SSSR count). The number of halogens is 3. The Morgan fingerprint density at radius 2 is 2.00 bits per heavy atom. The molecule has 0 bridgehead atoms. The summed E-state index contributed by atoms with van der Waals surface area (Å²) in [5, 5.41) is 2.91. The zero-order valence-corrected chi connectivity index (χ0v) is 9.09. The van der Waals surface area contributed by atoms with Crippen molar-refractivity contribution in [1.29, 1.82) is 0 Å². The normalized spacial score (nSPS) is 12.9. The Morgan fingerprint density at radius 3 is 2.33 bits per heavy atom. The molecular formula is C7H10Cl3NO. The van der Waals surface area contributed by atoms with E-state index >= 15 is 0 Å². The summed E-state index contributed by atoms with van der Waals surface area (Å²) in [6, 6.07) is 0. The van der Waals surface area contributed by atoms with Crippen LogP contribution in [0.3, 0.4) is 0 Å². The van der Waals surface area contributed by atoms with E-state index in [1.54, 1.807) is 6.92 Å². The van der Waals surface area contributed by atoms with Gasteiger partial charge < -0.3 is 5.32 Å². The molecule has 1 N–H and O–H groups in total. The van der Waals surface area contributed by atoms with Crippen LogP contribution >= 0.6 is 34.8 Å². The van der Waals surface area contributed by atoms with Crippen molar-refractivity contribution in [3.05, 3.63) is 11.8 Å². The summed E-state index contributed by atoms with van der Waals surface area (Å²) in [5.74, 6) is -0.536. The lowest BCUT2D eigenvalue weighted by Crippen LogP contribution is -2.19. The number of ketones is 1. The minimum Gasteiger partial charge on any atom is -0.389 e. The molecule has 0 saturated heterocycles. The van der Waals surface area contributed by atoms with Crippen molar-refractivity contribution in [2.75, 3.05) is 6.54 Å². The quantitative estimate of drug-likeness (QED) is 0.596. The van der Waals surface area contributed by atoms with Crippen LogP contribution in [0, 0.1) is 0 Å². The van der Waals surface area contributed by atoms with Gasteiger partial charge in [-0.1, -0.05) is 34.8 Å². The predicted octanol–water partition coefficient (Wildman–Crippen LogP) is 2.44. The van der Waals surface area contributed by atoms with Crippen LogP contribution in [0.5, 0.6) is 0 Å². The van der Waals surface area contributed by atoms with Gasteiger partial charge in [0.15, 0.2) is 0 Å². The SMILES string of the molecule is CCN/C(C)=C\C(=O)C(Cl)(Cl)Cl. The van der Waals surface area contributed by atoms with Crippen molar-refractivity contribution in [2.24, 2.45) is 0 Å². The molecule has 0 aromatic heterocycles. The van der Waals surface area contributed by atoms with E-state index in [-0.39, 0.29) is 0 Å². The average Bonchev–Trinajstić information content (AvgIpc) is 1.85. The molecule has 12 heavy (non-hydrogen) atoms. The van der Waals surface area contributed by atoms with Crippen molar-refractivity contribution in [3.8, 4) is 0 Å². The van der Waals surface area contributed by atoms with Crippen molar-refractivity contribution in [2.45, 2.75) is 17.6 Å². The number of hydrogen-bond donors (Lipinski definition) is 1. The van der Waals surface area contributed by atoms with Gasteiger partial charge in [-0.05, 0) is 13.8 Å². The Bertz CT molecular complexity index is 195. The third-order valence-corrected chi connectivity index (χ3v) is 1.64. The molecule has 0 aromatic rings. The smallest absolute Gasteiger partial charge is 0.252 e. The van der Waals surface area contributed by atoms with Crippen molar-refractivity contribution in [3.63, 3.8) is 0 Å². The molecule has 0 unspecified atom stereocenters. The highest BCUT2D eigenvalue weighted by Gasteiger charge is 2.28. The number of alkyl halides is 3. The minimum atomic E-state index is -1.85. The van der Waals surface area contributed by atoms with Gasteiger partial charge in [-0.15, -0.1) is 0 Å². The third-order valence-electron chi connectivity index (χ3n) is 1.08. The molecule has 2 nitrogen and oxygen atoms in total. The van der Waals surface area contributed by atoms with Crippen LogP contribution < -0.4 is 5.32 Å². The zero-order valence-electron chi connectivity index (χ0n) is 6.83. The number of carbonyl (C=O) groups excluding carboxylic acids is 1. The van der Waals surface area contributed by atoms with Gasteiger partial charge in [-0.25, -0.2) is 0 Å². The first-order valence-corrected chi connectivity index (χ1v) is 4.54. The maximum absolute atomic E-state index is 11.0. The number of rotatable bonds is 3. The van der Waals surface area contributed by atoms with Gasteiger partial charge in [0.25, 0.3) is 3.79 Å². The lowest BCUT2D eigenvalue weighted by atomic mass is 10.3. The van der Waals surface area contributed by atoms with E-state index in [2.05, 4.69) is 5.32 Å². The molecule has 0 atom stereocenters. The summed E-state index contributed by atoms with van der Waals surface area (Å²) < 4.78 is -1.85. The molecule has 0 aliphatic heterocycles. The predicted molar refractivity (Wildman–Crippen MR) is 52.7 cm³/mol. The van der Waals surface area contributed by atoms with Gasteiger partial charge in [-0.3, -0.25) is 4.79 Å². The van der Waals surface area contributed by atoms with Gasteiger partial charge >= 0.3 is 0 Å². The molecule has 0 amide bonds. The van der Waals surface area contributed by atoms with Crippen molar-refractivity contribution in [1.82, 2.24) is 5.32 Å². The average molecular weight is 231 g/mol. The summed E-state index contributed by atoms with van der Waals surface area (Å²) in [7, 11) is 0. The first kappa shape index (κ1) is 12.1. The van der Waals surface area contributed by atoms with Gasteiger partial charge in [0.2, 0.25) is 5.78 Å². The Morgan fingerprint density at radius 1 is 1.50 bits per heavy atom. The van der Waals surface area contributed by atoms with E-state index in [4.69, 9.17) is 34.8 Å². The molecule has 0 saturated carbocycles. The van der Waals surface area contributed by atoms with Gasteiger partial charge in [0.05, 0.1) is 0 Å². The number of allylic oxidation sites excluding steroid dienone is 2. The van der Waals surface area contributed by atoms with E-state index in [0.717, 1.165) is 6.54 Å². The van der Waals surface area contributed by atoms with Crippen molar-refractivity contribution < 1.29 is 4.79 Å². The fraction of sp³-hybridized carbons (Fsp3) is 0.571. The second-order valence-electron chi connectivity index (χ2n) is 2.22. The highest BCUT2D eigenvalue weighted by molar-refractivity contribution is 6.77. The van der Waals surface area contributed by atoms with Crippen LogP contribution in [-0.2, 0) is 4.79 Å². The fourth-order valence-electron chi connectivity index (χ4n) is 0.608. The number of hydrogen-bond acceptors (Lipinski definition) is 2. The molecular weight excluding hydrogens is 220 g/mol. The topological polar surface area (TPSA) is 29.1 Å². The summed E-state index contributed by atoms with van der Waals surface area (Å²) in [6.45, 7) is 4.38. The maximum atomic E-state index is 11.0. The molecule has 70 valence electrons. The Labute approximate surface area is 86.9 Å². The molecule has 5 heteroatoms. The van der Waals surface area contributed by atoms with Gasteiger partial charge in [0.1, 0.15) is 0 Å². The van der Waals surface area contributed by atoms with Crippen molar-refractivity contribution >= 4 is 40.6 Å². The summed E-state index contributed by atoms with van der Waals surface area (Å²) in [6.07, 6.45) is 1.27. The lowest BCUT2D eigenvalue weighted by molar-refractivity contribution is -0.113. The van der Waals surface area contributed by atoms with E-state index in [1.807, 2.05) is 6.92 Å². The maximum Gasteiger partial charge on any atom is 0.252 e. The van der Waals surface area contributed by atoms with E-state index in [0.29, 0.717) is 5.70 Å². The van der Waals surface area contributed by atoms with Crippen LogP contribution in [0.25, 0.3) is 0 Å². The highest BCUT2D eigenvalue weighted by Crippen LogP contribution is 2.27. The highest BCUT2D eigenvalue weighted by atomic mass is 35.6. The van der Waals surface area contributed by atoms with Crippen LogP contribution in [-0.4, -0.2) is 16.1 Å². The second-order valence-corrected chi connectivity index (χ2v) is 4.50. The number of nitrogens with one attached hydrogen (secondary N) is 1. The molecule has 0 fully saturated rings. The molecule has 0 aromatic carbocycles. The van der Waals surface area contributed by atoms with E-state index in [1.165, 1.54) is 6.08 Å². The molecule has 0 aliphatic rings. The van der Waals surface area contributed by atoms with Crippen LogP contribution in [0.1, 0.15) is 13.8 Å². The monoisotopic (exact) mass is 229 g/mol. The number of carbonyl (C=O) groups is 1. The summed E-state index contributed by atoms with van der Waals surface area (Å²) >= 11 is 16.0. The third kappa shape index (κ3) is 4.86. The summed E-state index contributed by atoms with van der Waals surface area (Å²) in [5.41, 5.74) is 0.689. The minimum absolute atomic E-state index is 0.536. The van der Waals surface area contributed by atoms with E-state index < -0.39 is 9.58 Å². The Kier molecular flexibility index (Phi) is 4.98. The summed E-state index contributed by atoms with van der Waals surface area (Å²) in [4.78, 5) is 11.0. The van der Waals surface area contributed by atoms with Crippen LogP contribution in [0.4, 0.5) is 0 Å².